The molecule has 1 aromatic carbocycles. The highest BCUT2D eigenvalue weighted by molar-refractivity contribution is 7.66. The highest BCUT2D eigenvalue weighted by atomic mass is 31.3. The quantitative estimate of drug-likeness (QED) is 0.532. The molecule has 1 rings (SSSR count). The van der Waals surface area contributed by atoms with Gasteiger partial charge in [-0.2, -0.15) is 8.62 Å². The predicted octanol–water partition coefficient (Wildman–Crippen LogP) is 2.69. The van der Waals surface area contributed by atoms with Gasteiger partial charge in [0.2, 0.25) is 0 Å². The van der Waals surface area contributed by atoms with E-state index in [4.69, 9.17) is 14.7 Å². The first-order valence-electron chi connectivity index (χ1n) is 6.04. The second kappa shape index (κ2) is 6.76. The molecule has 2 atom stereocenters. The Kier molecular flexibility index (Phi) is 6.03. The number of phosphoric ester groups is 1. The van der Waals surface area contributed by atoms with Crippen molar-refractivity contribution in [3.05, 3.63) is 29.8 Å². The molecule has 0 aliphatic rings. The van der Waals surface area contributed by atoms with Gasteiger partial charge in [-0.15, -0.1) is 0 Å². The van der Waals surface area contributed by atoms with Crippen LogP contribution in [-0.4, -0.2) is 19.6 Å². The SMILES string of the molecule is CC(C)(C)c1ccc(OP(=O)(O)OP(=O)(O)OP(=O)(O)O)cc1. The Labute approximate surface area is 132 Å². The van der Waals surface area contributed by atoms with Crippen LogP contribution in [0.1, 0.15) is 26.3 Å². The molecule has 1 aromatic rings. The molecule has 4 N–H and O–H groups in total. The first-order chi connectivity index (χ1) is 10.1. The van der Waals surface area contributed by atoms with Crippen molar-refractivity contribution in [2.45, 2.75) is 26.2 Å². The standard InChI is InChI=1S/C10H17O10P3/c1-10(2,3)8-4-6-9(7-5-8)18-22(14,15)20-23(16,17)19-21(11,12)13/h4-7H,1-3H3,(H,14,15)(H,16,17)(H2,11,12,13). The molecule has 0 heterocycles. The van der Waals surface area contributed by atoms with Crippen molar-refractivity contribution < 1.29 is 46.4 Å². The molecule has 132 valence electrons. The van der Waals surface area contributed by atoms with Crippen LogP contribution in [0.5, 0.6) is 5.75 Å². The zero-order valence-electron chi connectivity index (χ0n) is 12.4. The summed E-state index contributed by atoms with van der Waals surface area (Å²) in [5, 5.41) is 0. The van der Waals surface area contributed by atoms with Gasteiger partial charge in [-0.1, -0.05) is 32.9 Å². The third kappa shape index (κ3) is 7.72. The minimum absolute atomic E-state index is 0.153. The summed E-state index contributed by atoms with van der Waals surface area (Å²) in [7, 11) is -16.1. The fraction of sp³-hybridized carbons (Fsp3) is 0.400. The van der Waals surface area contributed by atoms with Crippen LogP contribution in [0, 0.1) is 0 Å². The van der Waals surface area contributed by atoms with Crippen molar-refractivity contribution in [1.82, 2.24) is 0 Å². The second-order valence-electron chi connectivity index (χ2n) is 5.46. The smallest absolute Gasteiger partial charge is 0.404 e. The molecule has 23 heavy (non-hydrogen) atoms. The predicted molar refractivity (Wildman–Crippen MR) is 79.6 cm³/mol. The van der Waals surface area contributed by atoms with Gasteiger partial charge in [-0.25, -0.2) is 13.7 Å². The van der Waals surface area contributed by atoms with Crippen molar-refractivity contribution >= 4 is 23.5 Å². The van der Waals surface area contributed by atoms with Gasteiger partial charge in [0.15, 0.2) is 0 Å². The summed E-state index contributed by atoms with van der Waals surface area (Å²) in [6.07, 6.45) is 0. The third-order valence-corrected chi connectivity index (χ3v) is 6.13. The van der Waals surface area contributed by atoms with E-state index in [9.17, 15) is 18.6 Å². The fourth-order valence-electron chi connectivity index (χ4n) is 1.45. The van der Waals surface area contributed by atoms with Gasteiger partial charge >= 0.3 is 23.5 Å². The Morgan fingerprint density at radius 1 is 0.826 bits per heavy atom. The van der Waals surface area contributed by atoms with Gasteiger partial charge in [-0.05, 0) is 23.1 Å². The minimum Gasteiger partial charge on any atom is -0.404 e. The molecule has 0 aromatic heterocycles. The Hall–Kier alpha value is -0.530. The number of phosphoric acid groups is 3. The van der Waals surface area contributed by atoms with Crippen LogP contribution in [0.4, 0.5) is 0 Å². The average Bonchev–Trinajstić information content (AvgIpc) is 2.21. The van der Waals surface area contributed by atoms with Gasteiger partial charge in [0, 0.05) is 0 Å². The molecule has 10 nitrogen and oxygen atoms in total. The van der Waals surface area contributed by atoms with Crippen LogP contribution in [0.2, 0.25) is 0 Å². The number of hydrogen-bond acceptors (Lipinski definition) is 6. The maximum absolute atomic E-state index is 11.6. The first kappa shape index (κ1) is 20.5. The second-order valence-corrected chi connectivity index (χ2v) is 9.80. The van der Waals surface area contributed by atoms with Crippen LogP contribution in [0.25, 0.3) is 0 Å². The lowest BCUT2D eigenvalue weighted by Crippen LogP contribution is -2.10. The molecule has 0 radical (unpaired) electrons. The van der Waals surface area contributed by atoms with Gasteiger partial charge < -0.3 is 19.2 Å². The van der Waals surface area contributed by atoms with Crippen LogP contribution in [0.15, 0.2) is 24.3 Å². The Balaban J connectivity index is 2.85. The minimum atomic E-state index is -5.51. The largest absolute Gasteiger partial charge is 0.536 e. The van der Waals surface area contributed by atoms with Crippen LogP contribution < -0.4 is 4.52 Å². The van der Waals surface area contributed by atoms with E-state index in [1.165, 1.54) is 12.1 Å². The Morgan fingerprint density at radius 2 is 1.30 bits per heavy atom. The number of benzene rings is 1. The average molecular weight is 390 g/mol. The fourth-order valence-corrected chi connectivity index (χ4v) is 4.47. The summed E-state index contributed by atoms with van der Waals surface area (Å²) >= 11 is 0. The zero-order valence-corrected chi connectivity index (χ0v) is 15.1. The summed E-state index contributed by atoms with van der Waals surface area (Å²) in [4.78, 5) is 35.2. The van der Waals surface area contributed by atoms with Gasteiger partial charge in [0.1, 0.15) is 5.75 Å². The lowest BCUT2D eigenvalue weighted by molar-refractivity contribution is 0.207. The molecule has 0 spiro atoms. The summed E-state index contributed by atoms with van der Waals surface area (Å²) in [5.74, 6) is -0.153. The topological polar surface area (TPSA) is 160 Å². The molecule has 0 aliphatic heterocycles. The van der Waals surface area contributed by atoms with Gasteiger partial charge in [0.05, 0.1) is 0 Å². The van der Waals surface area contributed by atoms with Crippen LogP contribution >= 0.6 is 23.5 Å². The van der Waals surface area contributed by atoms with Crippen molar-refractivity contribution in [3.8, 4) is 5.75 Å². The number of hydrogen-bond donors (Lipinski definition) is 4. The monoisotopic (exact) mass is 390 g/mol. The molecule has 0 fully saturated rings. The molecule has 0 aliphatic carbocycles. The molecule has 0 saturated carbocycles. The maximum Gasteiger partial charge on any atom is 0.536 e. The first-order valence-corrected chi connectivity index (χ1v) is 10.6. The van der Waals surface area contributed by atoms with E-state index in [0.717, 1.165) is 5.56 Å². The van der Waals surface area contributed by atoms with Crippen LogP contribution in [0.3, 0.4) is 0 Å². The van der Waals surface area contributed by atoms with Crippen molar-refractivity contribution in [1.29, 1.82) is 0 Å². The normalized spacial score (nSPS) is 18.0. The van der Waals surface area contributed by atoms with E-state index in [-0.39, 0.29) is 11.2 Å². The van der Waals surface area contributed by atoms with Crippen molar-refractivity contribution in [3.63, 3.8) is 0 Å². The molecule has 0 saturated heterocycles. The Morgan fingerprint density at radius 3 is 1.70 bits per heavy atom. The highest BCUT2D eigenvalue weighted by Gasteiger charge is 2.41. The van der Waals surface area contributed by atoms with Gasteiger partial charge in [0.25, 0.3) is 0 Å². The van der Waals surface area contributed by atoms with E-state index < -0.39 is 23.5 Å². The molecule has 0 amide bonds. The molecule has 0 bridgehead atoms. The van der Waals surface area contributed by atoms with Gasteiger partial charge in [-0.3, -0.25) is 4.89 Å². The lowest BCUT2D eigenvalue weighted by atomic mass is 9.87. The summed E-state index contributed by atoms with van der Waals surface area (Å²) in [6, 6.07) is 5.89. The van der Waals surface area contributed by atoms with E-state index >= 15 is 0 Å². The summed E-state index contributed by atoms with van der Waals surface area (Å²) in [5.41, 5.74) is 0.729. The zero-order chi connectivity index (χ0) is 18.1. The van der Waals surface area contributed by atoms with E-state index in [0.29, 0.717) is 0 Å². The van der Waals surface area contributed by atoms with E-state index in [1.54, 1.807) is 12.1 Å². The van der Waals surface area contributed by atoms with E-state index in [1.807, 2.05) is 20.8 Å². The third-order valence-electron chi connectivity index (χ3n) is 2.36. The summed E-state index contributed by atoms with van der Waals surface area (Å²) < 4.78 is 45.0. The molecule has 2 unspecified atom stereocenters. The van der Waals surface area contributed by atoms with Crippen molar-refractivity contribution in [2.24, 2.45) is 0 Å². The summed E-state index contributed by atoms with van der Waals surface area (Å²) in [6.45, 7) is 5.85. The van der Waals surface area contributed by atoms with Crippen molar-refractivity contribution in [2.75, 3.05) is 0 Å². The maximum atomic E-state index is 11.6. The van der Waals surface area contributed by atoms with E-state index in [2.05, 4.69) is 13.1 Å². The lowest BCUT2D eigenvalue weighted by Gasteiger charge is -2.20. The molecule has 13 heteroatoms. The number of rotatable bonds is 6. The molecular formula is C10H17O10P3. The van der Waals surface area contributed by atoms with Crippen LogP contribution in [-0.2, 0) is 27.7 Å². The Bertz CT molecular complexity index is 686. The molecular weight excluding hydrogens is 373 g/mol. The highest BCUT2D eigenvalue weighted by Crippen LogP contribution is 2.66.